The lowest BCUT2D eigenvalue weighted by Crippen LogP contribution is -2.24. The van der Waals surface area contributed by atoms with E-state index in [0.29, 0.717) is 22.0 Å². The first-order chi connectivity index (χ1) is 21.4. The van der Waals surface area contributed by atoms with E-state index in [1.54, 1.807) is 0 Å². The van der Waals surface area contributed by atoms with Gasteiger partial charge in [-0.05, 0) is 71.3 Å². The molecule has 260 valence electrons. The minimum Gasteiger partial charge on any atom is -0.507 e. The van der Waals surface area contributed by atoms with Crippen LogP contribution < -0.4 is 0 Å². The molecule has 4 heteroatoms. The summed E-state index contributed by atoms with van der Waals surface area (Å²) in [4.78, 5) is 0. The average Bonchev–Trinajstić information content (AvgIpc) is 2.99. The monoisotopic (exact) mass is 668 g/mol. The highest BCUT2D eigenvalue weighted by atomic mass is 32.2. The maximum absolute atomic E-state index is 11.7. The third-order valence-corrected chi connectivity index (χ3v) is 14.7. The summed E-state index contributed by atoms with van der Waals surface area (Å²) in [7, 11) is 0. The molecular weight excluding hydrogens is 601 g/mol. The summed E-state index contributed by atoms with van der Waals surface area (Å²) in [6, 6.07) is 9.16. The molecule has 0 saturated heterocycles. The Morgan fingerprint density at radius 3 is 1.15 bits per heavy atom. The second-order valence-electron chi connectivity index (χ2n) is 16.8. The number of hydrogen-bond donors (Lipinski definition) is 2. The van der Waals surface area contributed by atoms with Crippen LogP contribution in [0.5, 0.6) is 11.5 Å². The Morgan fingerprint density at radius 1 is 0.543 bits per heavy atom. The lowest BCUT2D eigenvalue weighted by molar-refractivity contribution is 0.393. The van der Waals surface area contributed by atoms with E-state index >= 15 is 0 Å². The highest BCUT2D eigenvalue weighted by Gasteiger charge is 2.32. The molecule has 0 unspecified atom stereocenters. The van der Waals surface area contributed by atoms with Gasteiger partial charge in [-0.1, -0.05) is 133 Å². The Balaban J connectivity index is 1.95. The number of thioether (sulfide) groups is 2. The van der Waals surface area contributed by atoms with Crippen molar-refractivity contribution in [1.29, 1.82) is 0 Å². The summed E-state index contributed by atoms with van der Waals surface area (Å²) >= 11 is 4.13. The fourth-order valence-electron chi connectivity index (χ4n) is 6.85. The molecule has 2 atom stereocenters. The summed E-state index contributed by atoms with van der Waals surface area (Å²) in [5.41, 5.74) is 7.09. The molecule has 46 heavy (non-hydrogen) atoms. The number of phenolic OH excluding ortho intramolecular Hbond substituents is 2. The van der Waals surface area contributed by atoms with Crippen molar-refractivity contribution < 1.29 is 10.2 Å². The summed E-state index contributed by atoms with van der Waals surface area (Å²) in [6.45, 7) is 27.3. The number of phenols is 2. The molecule has 0 aromatic heterocycles. The summed E-state index contributed by atoms with van der Waals surface area (Å²) < 4.78 is 0. The van der Waals surface area contributed by atoms with E-state index in [9.17, 15) is 10.2 Å². The van der Waals surface area contributed by atoms with Gasteiger partial charge < -0.3 is 10.2 Å². The second-order valence-corrected chi connectivity index (χ2v) is 19.2. The Labute approximate surface area is 292 Å². The Bertz CT molecular complexity index is 1170. The molecule has 0 aliphatic heterocycles. The Kier molecular flexibility index (Phi) is 13.6. The minimum atomic E-state index is -0.0303. The number of rotatable bonds is 12. The third kappa shape index (κ3) is 9.25. The first-order valence-electron chi connectivity index (χ1n) is 18.4. The predicted molar refractivity (Wildman–Crippen MR) is 207 cm³/mol. The number of hydrogen-bond acceptors (Lipinski definition) is 4. The largest absolute Gasteiger partial charge is 0.507 e. The van der Waals surface area contributed by atoms with E-state index in [4.69, 9.17) is 0 Å². The molecule has 1 aliphatic carbocycles. The van der Waals surface area contributed by atoms with Gasteiger partial charge in [0.25, 0.3) is 0 Å². The van der Waals surface area contributed by atoms with Crippen molar-refractivity contribution in [1.82, 2.24) is 0 Å². The van der Waals surface area contributed by atoms with Crippen LogP contribution in [-0.4, -0.2) is 20.7 Å². The van der Waals surface area contributed by atoms with Gasteiger partial charge in [-0.3, -0.25) is 0 Å². The topological polar surface area (TPSA) is 40.5 Å². The number of benzene rings is 2. The van der Waals surface area contributed by atoms with E-state index < -0.39 is 0 Å². The normalized spacial score (nSPS) is 18.8. The summed E-state index contributed by atoms with van der Waals surface area (Å²) in [5, 5.41) is 24.5. The van der Waals surface area contributed by atoms with Crippen LogP contribution in [0.3, 0.4) is 0 Å². The van der Waals surface area contributed by atoms with Crippen molar-refractivity contribution in [3.63, 3.8) is 0 Å². The molecule has 0 radical (unpaired) electrons. The maximum Gasteiger partial charge on any atom is 0.123 e. The molecule has 0 spiro atoms. The van der Waals surface area contributed by atoms with Gasteiger partial charge >= 0.3 is 0 Å². The van der Waals surface area contributed by atoms with Crippen molar-refractivity contribution >= 4 is 23.5 Å². The fourth-order valence-corrected chi connectivity index (χ4v) is 9.92. The molecule has 3 rings (SSSR count). The molecule has 2 aromatic rings. The first-order valence-corrected chi connectivity index (χ1v) is 20.5. The van der Waals surface area contributed by atoms with Crippen molar-refractivity contribution in [3.05, 3.63) is 57.6 Å². The van der Waals surface area contributed by atoms with Crippen molar-refractivity contribution in [3.8, 4) is 11.5 Å². The zero-order valence-corrected chi connectivity index (χ0v) is 33.3. The quantitative estimate of drug-likeness (QED) is 0.236. The van der Waals surface area contributed by atoms with E-state index in [1.807, 2.05) is 0 Å². The highest BCUT2D eigenvalue weighted by molar-refractivity contribution is 8.03. The number of aromatic hydroxyl groups is 2. The van der Waals surface area contributed by atoms with Crippen LogP contribution >= 0.6 is 23.5 Å². The zero-order valence-electron chi connectivity index (χ0n) is 31.7. The van der Waals surface area contributed by atoms with E-state index in [0.717, 1.165) is 59.4 Å². The van der Waals surface area contributed by atoms with E-state index in [1.165, 1.54) is 49.7 Å². The van der Waals surface area contributed by atoms with Crippen LogP contribution in [0.25, 0.3) is 0 Å². The van der Waals surface area contributed by atoms with Crippen LogP contribution in [-0.2, 0) is 33.2 Å². The van der Waals surface area contributed by atoms with Gasteiger partial charge in [-0.2, -0.15) is 23.5 Å². The lowest BCUT2D eigenvalue weighted by Gasteiger charge is -2.33. The van der Waals surface area contributed by atoms with Crippen molar-refractivity contribution in [2.75, 3.05) is 0 Å². The third-order valence-electron chi connectivity index (χ3n) is 11.6. The van der Waals surface area contributed by atoms with E-state index in [-0.39, 0.29) is 21.7 Å². The SMILES string of the molecule is CCC(C)(CC)c1cc(C(C)(C)C)cc(CS[C@H]2CCCCCC[C@@H]2SCc2cc(C(C)(C)C)cc(C(C)(CC)CC)c2O)c1O. The average molecular weight is 669 g/mol. The van der Waals surface area contributed by atoms with Crippen LogP contribution in [0.4, 0.5) is 0 Å². The highest BCUT2D eigenvalue weighted by Crippen LogP contribution is 2.46. The molecule has 1 aliphatic rings. The Morgan fingerprint density at radius 2 is 0.870 bits per heavy atom. The first kappa shape index (κ1) is 39.2. The smallest absolute Gasteiger partial charge is 0.123 e. The van der Waals surface area contributed by atoms with Crippen LogP contribution in [0.2, 0.25) is 0 Å². The second kappa shape index (κ2) is 16.0. The molecule has 2 N–H and O–H groups in total. The van der Waals surface area contributed by atoms with E-state index in [2.05, 4.69) is 131 Å². The summed E-state index contributed by atoms with van der Waals surface area (Å²) in [6.07, 6.45) is 11.7. The van der Waals surface area contributed by atoms with Crippen molar-refractivity contribution in [2.24, 2.45) is 0 Å². The van der Waals surface area contributed by atoms with Crippen molar-refractivity contribution in [2.45, 2.75) is 191 Å². The maximum atomic E-state index is 11.7. The molecule has 1 fully saturated rings. The van der Waals surface area contributed by atoms with Gasteiger partial charge in [0.05, 0.1) is 0 Å². The molecule has 2 aromatic carbocycles. The van der Waals surface area contributed by atoms with Gasteiger partial charge in [0, 0.05) is 44.3 Å². The van der Waals surface area contributed by atoms with Gasteiger partial charge in [-0.15, -0.1) is 0 Å². The predicted octanol–water partition coefficient (Wildman–Crippen LogP) is 13.1. The van der Waals surface area contributed by atoms with Gasteiger partial charge in [0.2, 0.25) is 0 Å². The summed E-state index contributed by atoms with van der Waals surface area (Å²) in [5.74, 6) is 2.73. The van der Waals surface area contributed by atoms with Crippen LogP contribution in [0, 0.1) is 0 Å². The Hall–Kier alpha value is -1.26. The lowest BCUT2D eigenvalue weighted by atomic mass is 9.74. The molecular formula is C42H68O2S2. The van der Waals surface area contributed by atoms with Crippen LogP contribution in [0.15, 0.2) is 24.3 Å². The molecule has 2 nitrogen and oxygen atoms in total. The van der Waals surface area contributed by atoms with Gasteiger partial charge in [-0.25, -0.2) is 0 Å². The van der Waals surface area contributed by atoms with Gasteiger partial charge in [0.1, 0.15) is 11.5 Å². The van der Waals surface area contributed by atoms with Gasteiger partial charge in [0.15, 0.2) is 0 Å². The minimum absolute atomic E-state index is 0.0248. The molecule has 0 bridgehead atoms. The van der Waals surface area contributed by atoms with Crippen LogP contribution in [0.1, 0.15) is 181 Å². The molecule has 0 amide bonds. The molecule has 1 saturated carbocycles. The standard InChI is InChI=1S/C42H68O2S2/c1-13-41(11,14-2)33-25-31(39(5,6)7)23-29(37(33)43)27-45-35-21-19-17-18-20-22-36(35)46-28-30-24-32(40(8,9)10)26-34(38(30)44)42(12,15-3)16-4/h23-26,35-36,43-44H,13-22,27-28H2,1-12H3/t35-,36-/m0/s1. The zero-order chi connectivity index (χ0) is 34.5. The molecule has 0 heterocycles. The fraction of sp³-hybridized carbons (Fsp3) is 0.714.